The zero-order valence-corrected chi connectivity index (χ0v) is 17.7. The van der Waals surface area contributed by atoms with Crippen molar-refractivity contribution in [2.45, 2.75) is 20.4 Å². The predicted octanol–water partition coefficient (Wildman–Crippen LogP) is 5.00. The van der Waals surface area contributed by atoms with E-state index in [0.717, 1.165) is 28.1 Å². The minimum atomic E-state index is -0.216. The second-order valence-electron chi connectivity index (χ2n) is 7.69. The van der Waals surface area contributed by atoms with Crippen LogP contribution in [0.3, 0.4) is 0 Å². The summed E-state index contributed by atoms with van der Waals surface area (Å²) in [5.74, 6) is 0.539. The van der Waals surface area contributed by atoms with Crippen molar-refractivity contribution in [2.75, 3.05) is 5.32 Å². The molecule has 7 heteroatoms. The van der Waals surface area contributed by atoms with E-state index in [2.05, 4.69) is 15.4 Å². The number of nitrogens with one attached hydrogen (secondary N) is 1. The molecule has 158 valence electrons. The van der Waals surface area contributed by atoms with Gasteiger partial charge in [0.2, 0.25) is 0 Å². The number of rotatable bonds is 5. The minimum absolute atomic E-state index is 0.216. The van der Waals surface area contributed by atoms with Crippen LogP contribution in [0, 0.1) is 13.8 Å². The molecule has 0 aliphatic rings. The molecule has 4 aromatic heterocycles. The topological polar surface area (TPSA) is 85.8 Å². The summed E-state index contributed by atoms with van der Waals surface area (Å²) in [7, 11) is 0. The van der Waals surface area contributed by atoms with Crippen molar-refractivity contribution < 1.29 is 9.21 Å². The maximum absolute atomic E-state index is 13.4. The van der Waals surface area contributed by atoms with Crippen LogP contribution in [0.15, 0.2) is 77.8 Å². The second kappa shape index (κ2) is 8.11. The summed E-state index contributed by atoms with van der Waals surface area (Å²) < 4.78 is 7.21. The number of nitrogens with zero attached hydrogens (tertiary/aromatic N) is 4. The molecule has 4 heterocycles. The van der Waals surface area contributed by atoms with Gasteiger partial charge < -0.3 is 9.73 Å². The Kier molecular flexibility index (Phi) is 4.99. The fraction of sp³-hybridized carbons (Fsp3) is 0.120. The molecule has 0 spiro atoms. The molecular weight excluding hydrogens is 402 g/mol. The number of amides is 1. The van der Waals surface area contributed by atoms with Crippen LogP contribution < -0.4 is 5.32 Å². The van der Waals surface area contributed by atoms with E-state index in [4.69, 9.17) is 9.40 Å². The molecular formula is C25H21N5O2. The van der Waals surface area contributed by atoms with Crippen LogP contribution in [0.1, 0.15) is 27.2 Å². The van der Waals surface area contributed by atoms with E-state index < -0.39 is 0 Å². The Morgan fingerprint density at radius 3 is 2.75 bits per heavy atom. The van der Waals surface area contributed by atoms with Gasteiger partial charge in [0, 0.05) is 23.6 Å². The van der Waals surface area contributed by atoms with Gasteiger partial charge in [0.15, 0.2) is 5.65 Å². The lowest BCUT2D eigenvalue weighted by Crippen LogP contribution is -2.14. The molecule has 7 nitrogen and oxygen atoms in total. The normalized spacial score (nSPS) is 11.1. The lowest BCUT2D eigenvalue weighted by molar-refractivity contribution is 0.102. The molecule has 0 aliphatic carbocycles. The van der Waals surface area contributed by atoms with Crippen LogP contribution >= 0.6 is 0 Å². The van der Waals surface area contributed by atoms with Crippen LogP contribution in [-0.2, 0) is 6.54 Å². The van der Waals surface area contributed by atoms with Gasteiger partial charge >= 0.3 is 0 Å². The number of aryl methyl sites for hydroxylation is 2. The zero-order valence-electron chi connectivity index (χ0n) is 17.7. The van der Waals surface area contributed by atoms with Gasteiger partial charge in [0.05, 0.1) is 29.1 Å². The largest absolute Gasteiger partial charge is 0.467 e. The van der Waals surface area contributed by atoms with E-state index in [1.54, 1.807) is 35.6 Å². The van der Waals surface area contributed by atoms with Gasteiger partial charge in [-0.3, -0.25) is 9.78 Å². The van der Waals surface area contributed by atoms with E-state index >= 15 is 0 Å². The van der Waals surface area contributed by atoms with Crippen molar-refractivity contribution >= 4 is 22.6 Å². The summed E-state index contributed by atoms with van der Waals surface area (Å²) in [6.45, 7) is 4.42. The standard InChI is InChI=1S/C25H21N5O2/c1-16-7-8-22(17(2)11-16)29-25(31)20-12-23(18-5-3-9-26-13-18)28-24-21(20)14-27-30(24)15-19-6-4-10-32-19/h3-14H,15H2,1-2H3,(H,29,31). The Morgan fingerprint density at radius 1 is 1.09 bits per heavy atom. The highest BCUT2D eigenvalue weighted by Crippen LogP contribution is 2.26. The fourth-order valence-electron chi connectivity index (χ4n) is 3.71. The molecule has 0 radical (unpaired) electrons. The van der Waals surface area contributed by atoms with Crippen LogP contribution in [-0.4, -0.2) is 25.7 Å². The highest BCUT2D eigenvalue weighted by atomic mass is 16.3. The van der Waals surface area contributed by atoms with E-state index in [-0.39, 0.29) is 5.91 Å². The SMILES string of the molecule is Cc1ccc(NC(=O)c2cc(-c3cccnc3)nc3c2cnn3Cc2ccco2)c(C)c1. The molecule has 0 unspecified atom stereocenters. The van der Waals surface area contributed by atoms with Gasteiger partial charge in [0.1, 0.15) is 12.3 Å². The lowest BCUT2D eigenvalue weighted by atomic mass is 10.1. The van der Waals surface area contributed by atoms with Crippen molar-refractivity contribution in [3.05, 3.63) is 95.8 Å². The first-order chi connectivity index (χ1) is 15.6. The Morgan fingerprint density at radius 2 is 2.00 bits per heavy atom. The van der Waals surface area contributed by atoms with Gasteiger partial charge in [-0.2, -0.15) is 5.10 Å². The molecule has 1 aromatic carbocycles. The Bertz CT molecular complexity index is 1410. The fourth-order valence-corrected chi connectivity index (χ4v) is 3.71. The number of fused-ring (bicyclic) bond motifs is 1. The van der Waals surface area contributed by atoms with Crippen molar-refractivity contribution in [2.24, 2.45) is 0 Å². The third-order valence-corrected chi connectivity index (χ3v) is 5.33. The van der Waals surface area contributed by atoms with Crippen LogP contribution in [0.4, 0.5) is 5.69 Å². The Labute approximate surface area is 184 Å². The zero-order chi connectivity index (χ0) is 22.1. The number of carbonyl (C=O) groups is 1. The third kappa shape index (κ3) is 3.76. The summed E-state index contributed by atoms with van der Waals surface area (Å²) in [6, 6.07) is 15.2. The van der Waals surface area contributed by atoms with Crippen molar-refractivity contribution in [3.63, 3.8) is 0 Å². The molecule has 0 aliphatic heterocycles. The van der Waals surface area contributed by atoms with Crippen molar-refractivity contribution in [3.8, 4) is 11.3 Å². The molecule has 5 rings (SSSR count). The lowest BCUT2D eigenvalue weighted by Gasteiger charge is -2.11. The van der Waals surface area contributed by atoms with E-state index in [0.29, 0.717) is 28.8 Å². The predicted molar refractivity (Wildman–Crippen MR) is 122 cm³/mol. The highest BCUT2D eigenvalue weighted by Gasteiger charge is 2.19. The molecule has 0 saturated carbocycles. The molecule has 32 heavy (non-hydrogen) atoms. The maximum atomic E-state index is 13.4. The second-order valence-corrected chi connectivity index (χ2v) is 7.69. The molecule has 0 atom stereocenters. The van der Waals surface area contributed by atoms with Crippen LogP contribution in [0.5, 0.6) is 0 Å². The number of aromatic nitrogens is 4. The molecule has 0 bridgehead atoms. The average Bonchev–Trinajstić information content (AvgIpc) is 3.46. The molecule has 1 amide bonds. The summed E-state index contributed by atoms with van der Waals surface area (Å²) in [6.07, 6.45) is 6.73. The molecule has 0 fully saturated rings. The maximum Gasteiger partial charge on any atom is 0.256 e. The number of anilines is 1. The highest BCUT2D eigenvalue weighted by molar-refractivity contribution is 6.12. The van der Waals surface area contributed by atoms with Gasteiger partial charge in [-0.05, 0) is 55.8 Å². The van der Waals surface area contributed by atoms with Crippen molar-refractivity contribution in [1.29, 1.82) is 0 Å². The summed E-state index contributed by atoms with van der Waals surface area (Å²) in [5.41, 5.74) is 5.50. The molecule has 1 N–H and O–H groups in total. The first-order valence-electron chi connectivity index (χ1n) is 10.3. The van der Waals surface area contributed by atoms with Gasteiger partial charge in [0.25, 0.3) is 5.91 Å². The number of pyridine rings is 2. The number of carbonyl (C=O) groups excluding carboxylic acids is 1. The van der Waals surface area contributed by atoms with E-state index in [1.165, 1.54) is 0 Å². The van der Waals surface area contributed by atoms with E-state index in [1.807, 2.05) is 56.3 Å². The average molecular weight is 423 g/mol. The van der Waals surface area contributed by atoms with Gasteiger partial charge in [-0.15, -0.1) is 0 Å². The Balaban J connectivity index is 1.61. The summed E-state index contributed by atoms with van der Waals surface area (Å²) in [4.78, 5) is 22.4. The van der Waals surface area contributed by atoms with Crippen LogP contribution in [0.2, 0.25) is 0 Å². The van der Waals surface area contributed by atoms with Crippen molar-refractivity contribution in [1.82, 2.24) is 19.7 Å². The van der Waals surface area contributed by atoms with Gasteiger partial charge in [-0.1, -0.05) is 17.7 Å². The summed E-state index contributed by atoms with van der Waals surface area (Å²) in [5, 5.41) is 8.20. The molecule has 0 saturated heterocycles. The third-order valence-electron chi connectivity index (χ3n) is 5.33. The number of benzene rings is 1. The first kappa shape index (κ1) is 19.7. The first-order valence-corrected chi connectivity index (χ1v) is 10.3. The number of hydrogen-bond donors (Lipinski definition) is 1. The van der Waals surface area contributed by atoms with E-state index in [9.17, 15) is 4.79 Å². The summed E-state index contributed by atoms with van der Waals surface area (Å²) >= 11 is 0. The Hall–Kier alpha value is -4.26. The minimum Gasteiger partial charge on any atom is -0.467 e. The quantitative estimate of drug-likeness (QED) is 0.430. The number of furan rings is 1. The molecule has 5 aromatic rings. The van der Waals surface area contributed by atoms with Crippen LogP contribution in [0.25, 0.3) is 22.3 Å². The van der Waals surface area contributed by atoms with Gasteiger partial charge in [-0.25, -0.2) is 9.67 Å². The smallest absolute Gasteiger partial charge is 0.256 e. The number of hydrogen-bond acceptors (Lipinski definition) is 5. The monoisotopic (exact) mass is 423 g/mol.